The lowest BCUT2D eigenvalue weighted by molar-refractivity contribution is 0.818. The van der Waals surface area contributed by atoms with E-state index in [9.17, 15) is 0 Å². The molecule has 0 atom stereocenters. The molecule has 0 unspecified atom stereocenters. The molecule has 0 fully saturated rings. The lowest BCUT2D eigenvalue weighted by Gasteiger charge is -2.03. The van der Waals surface area contributed by atoms with Crippen LogP contribution >= 0.6 is 0 Å². The molecular formula is C14H14N. The molecule has 0 bridgehead atoms. The highest BCUT2D eigenvalue weighted by Crippen LogP contribution is 2.18. The Bertz CT molecular complexity index is 403. The summed E-state index contributed by atoms with van der Waals surface area (Å²) in [5.41, 5.74) is 3.77. The third-order valence-electron chi connectivity index (χ3n) is 2.38. The molecule has 0 heterocycles. The minimum Gasteiger partial charge on any atom is -0.316 e. The highest BCUT2D eigenvalue weighted by atomic mass is 14.8. The van der Waals surface area contributed by atoms with Gasteiger partial charge < -0.3 is 5.32 Å². The molecule has 75 valence electrons. The third kappa shape index (κ3) is 2.45. The number of rotatable bonds is 3. The van der Waals surface area contributed by atoms with Gasteiger partial charge in [0.25, 0.3) is 0 Å². The van der Waals surface area contributed by atoms with E-state index in [-0.39, 0.29) is 0 Å². The fourth-order valence-electron chi connectivity index (χ4n) is 1.59. The summed E-state index contributed by atoms with van der Waals surface area (Å²) < 4.78 is 0. The quantitative estimate of drug-likeness (QED) is 0.796. The molecule has 0 aliphatic rings. The molecule has 0 spiro atoms. The maximum absolute atomic E-state index is 3.14. The molecule has 1 heteroatoms. The summed E-state index contributed by atoms with van der Waals surface area (Å²) in [5.74, 6) is 0. The summed E-state index contributed by atoms with van der Waals surface area (Å²) in [4.78, 5) is 0. The van der Waals surface area contributed by atoms with E-state index in [4.69, 9.17) is 0 Å². The van der Waals surface area contributed by atoms with E-state index in [1.54, 1.807) is 0 Å². The van der Waals surface area contributed by atoms with E-state index in [0.29, 0.717) is 0 Å². The Morgan fingerprint density at radius 3 is 2.47 bits per heavy atom. The van der Waals surface area contributed by atoms with Gasteiger partial charge in [-0.2, -0.15) is 0 Å². The smallest absolute Gasteiger partial charge is 0.0202 e. The van der Waals surface area contributed by atoms with Crippen molar-refractivity contribution in [2.45, 2.75) is 6.54 Å². The molecule has 2 aromatic rings. The Morgan fingerprint density at radius 1 is 1.07 bits per heavy atom. The third-order valence-corrected chi connectivity index (χ3v) is 2.38. The molecule has 2 aromatic carbocycles. The van der Waals surface area contributed by atoms with Crippen molar-refractivity contribution in [3.8, 4) is 11.1 Å². The molecule has 2 rings (SSSR count). The van der Waals surface area contributed by atoms with Crippen LogP contribution in [0.25, 0.3) is 11.1 Å². The normalized spacial score (nSPS) is 10.2. The van der Waals surface area contributed by atoms with E-state index in [1.807, 2.05) is 25.2 Å². The largest absolute Gasteiger partial charge is 0.316 e. The van der Waals surface area contributed by atoms with Crippen LogP contribution in [0, 0.1) is 6.07 Å². The van der Waals surface area contributed by atoms with Crippen LogP contribution < -0.4 is 5.32 Å². The summed E-state index contributed by atoms with van der Waals surface area (Å²) >= 11 is 0. The van der Waals surface area contributed by atoms with Crippen LogP contribution in [0.5, 0.6) is 0 Å². The maximum Gasteiger partial charge on any atom is 0.0202 e. The molecule has 0 saturated heterocycles. The van der Waals surface area contributed by atoms with Gasteiger partial charge in [0, 0.05) is 6.54 Å². The summed E-state index contributed by atoms with van der Waals surface area (Å²) in [6.07, 6.45) is 0. The van der Waals surface area contributed by atoms with Crippen LogP contribution in [0.1, 0.15) is 5.56 Å². The zero-order chi connectivity index (χ0) is 10.5. The van der Waals surface area contributed by atoms with E-state index in [0.717, 1.165) is 6.54 Å². The Balaban J connectivity index is 2.24. The predicted octanol–water partition coefficient (Wildman–Crippen LogP) is 2.87. The first-order valence-electron chi connectivity index (χ1n) is 5.10. The van der Waals surface area contributed by atoms with Crippen LogP contribution in [0.2, 0.25) is 0 Å². The second-order valence-electron chi connectivity index (χ2n) is 3.52. The molecule has 1 nitrogen and oxygen atoms in total. The molecule has 15 heavy (non-hydrogen) atoms. The van der Waals surface area contributed by atoms with Crippen molar-refractivity contribution in [3.63, 3.8) is 0 Å². The zero-order valence-corrected chi connectivity index (χ0v) is 8.83. The zero-order valence-electron chi connectivity index (χ0n) is 8.83. The highest BCUT2D eigenvalue weighted by Gasteiger charge is 1.96. The first-order chi connectivity index (χ1) is 7.40. The van der Waals surface area contributed by atoms with E-state index < -0.39 is 0 Å². The molecule has 1 N–H and O–H groups in total. The second kappa shape index (κ2) is 4.76. The maximum atomic E-state index is 3.14. The van der Waals surface area contributed by atoms with Gasteiger partial charge in [-0.1, -0.05) is 42.5 Å². The van der Waals surface area contributed by atoms with Crippen LogP contribution in [-0.2, 0) is 6.54 Å². The van der Waals surface area contributed by atoms with Crippen LogP contribution in [-0.4, -0.2) is 7.05 Å². The van der Waals surface area contributed by atoms with Gasteiger partial charge in [-0.25, -0.2) is 0 Å². The van der Waals surface area contributed by atoms with E-state index >= 15 is 0 Å². The van der Waals surface area contributed by atoms with Gasteiger partial charge in [0.15, 0.2) is 0 Å². The summed E-state index contributed by atoms with van der Waals surface area (Å²) in [5, 5.41) is 3.14. The Kier molecular flexibility index (Phi) is 3.15. The average Bonchev–Trinajstić information content (AvgIpc) is 2.32. The van der Waals surface area contributed by atoms with Crippen molar-refractivity contribution in [3.05, 3.63) is 60.2 Å². The molecule has 1 radical (unpaired) electrons. The summed E-state index contributed by atoms with van der Waals surface area (Å²) in [6.45, 7) is 0.918. The lowest BCUT2D eigenvalue weighted by Crippen LogP contribution is -2.04. The molecule has 0 amide bonds. The van der Waals surface area contributed by atoms with Crippen molar-refractivity contribution in [2.24, 2.45) is 0 Å². The first kappa shape index (κ1) is 9.94. The summed E-state index contributed by atoms with van der Waals surface area (Å²) in [6, 6.07) is 19.7. The van der Waals surface area contributed by atoms with Crippen LogP contribution in [0.3, 0.4) is 0 Å². The van der Waals surface area contributed by atoms with E-state index in [1.165, 1.54) is 16.7 Å². The molecule has 0 saturated carbocycles. The van der Waals surface area contributed by atoms with Gasteiger partial charge in [-0.05, 0) is 35.9 Å². The molecule has 0 aliphatic carbocycles. The Labute approximate surface area is 90.8 Å². The topological polar surface area (TPSA) is 12.0 Å². The standard InChI is InChI=1S/C14H14N/c1-15-11-12-7-9-14(10-8-12)13-5-3-2-4-6-13/h2-3,5-10,15H,11H2,1H3. The van der Waals surface area contributed by atoms with Crippen molar-refractivity contribution in [1.82, 2.24) is 5.32 Å². The number of hydrogen-bond acceptors (Lipinski definition) is 1. The van der Waals surface area contributed by atoms with Gasteiger partial charge in [0.2, 0.25) is 0 Å². The number of hydrogen-bond donors (Lipinski definition) is 1. The van der Waals surface area contributed by atoms with E-state index in [2.05, 4.69) is 41.7 Å². The summed E-state index contributed by atoms with van der Waals surface area (Å²) in [7, 11) is 1.96. The highest BCUT2D eigenvalue weighted by molar-refractivity contribution is 5.63. The monoisotopic (exact) mass is 196 g/mol. The van der Waals surface area contributed by atoms with Gasteiger partial charge in [-0.3, -0.25) is 0 Å². The van der Waals surface area contributed by atoms with Crippen molar-refractivity contribution < 1.29 is 0 Å². The Morgan fingerprint density at radius 2 is 1.87 bits per heavy atom. The van der Waals surface area contributed by atoms with Crippen LogP contribution in [0.15, 0.2) is 48.5 Å². The molecule has 0 aromatic heterocycles. The molecular weight excluding hydrogens is 182 g/mol. The number of benzene rings is 2. The van der Waals surface area contributed by atoms with Crippen molar-refractivity contribution >= 4 is 0 Å². The lowest BCUT2D eigenvalue weighted by atomic mass is 10.0. The van der Waals surface area contributed by atoms with Gasteiger partial charge in [-0.15, -0.1) is 0 Å². The Hall–Kier alpha value is -1.60. The van der Waals surface area contributed by atoms with Crippen molar-refractivity contribution in [2.75, 3.05) is 7.05 Å². The average molecular weight is 196 g/mol. The van der Waals surface area contributed by atoms with Gasteiger partial charge >= 0.3 is 0 Å². The van der Waals surface area contributed by atoms with Crippen LogP contribution in [0.4, 0.5) is 0 Å². The predicted molar refractivity (Wildman–Crippen MR) is 63.5 cm³/mol. The number of nitrogens with one attached hydrogen (secondary N) is 1. The molecule has 0 aliphatic heterocycles. The fourth-order valence-corrected chi connectivity index (χ4v) is 1.59. The first-order valence-corrected chi connectivity index (χ1v) is 5.10. The van der Waals surface area contributed by atoms with Crippen molar-refractivity contribution in [1.29, 1.82) is 0 Å². The fraction of sp³-hybridized carbons (Fsp3) is 0.143. The SMILES string of the molecule is CNCc1ccc(-c2c[c]ccc2)cc1. The van der Waals surface area contributed by atoms with Gasteiger partial charge in [0.05, 0.1) is 0 Å². The van der Waals surface area contributed by atoms with Gasteiger partial charge in [0.1, 0.15) is 0 Å². The minimum atomic E-state index is 0.918. The second-order valence-corrected chi connectivity index (χ2v) is 3.52. The minimum absolute atomic E-state index is 0.918.